The molecule has 122 valence electrons. The van der Waals surface area contributed by atoms with Crippen LogP contribution < -0.4 is 5.32 Å². The monoisotopic (exact) mass is 321 g/mol. The van der Waals surface area contributed by atoms with Gasteiger partial charge < -0.3 is 28.1 Å². The Bertz CT molecular complexity index is 358. The normalized spacial score (nSPS) is 10.9. The van der Waals surface area contributed by atoms with Gasteiger partial charge >= 0.3 is 20.9 Å². The van der Waals surface area contributed by atoms with Crippen LogP contribution in [0.1, 0.15) is 13.8 Å². The van der Waals surface area contributed by atoms with Gasteiger partial charge in [-0.25, -0.2) is 9.59 Å². The molecule has 0 fully saturated rings. The molecule has 0 aliphatic heterocycles. The molecule has 0 saturated heterocycles. The van der Waals surface area contributed by atoms with Crippen LogP contribution in [-0.4, -0.2) is 61.1 Å². The first kappa shape index (κ1) is 19.6. The number of nitrogens with one attached hydrogen (secondary N) is 1. The Kier molecular flexibility index (Phi) is 9.63. The molecule has 0 spiro atoms. The largest absolute Gasteiger partial charge is 0.540 e. The molecular weight excluding hydrogens is 298 g/mol. The summed E-state index contributed by atoms with van der Waals surface area (Å²) in [6.07, 6.45) is -0.780. The van der Waals surface area contributed by atoms with Crippen LogP contribution in [0.2, 0.25) is 0 Å². The van der Waals surface area contributed by atoms with E-state index in [0.29, 0.717) is 12.2 Å². The first-order chi connectivity index (χ1) is 9.90. The number of alkyl carbamates (subject to hydrolysis) is 1. The minimum absolute atomic E-state index is 0.0311. The Balaban J connectivity index is 3.98. The third-order valence-corrected chi connectivity index (χ3v) is 4.79. The Morgan fingerprint density at radius 2 is 1.81 bits per heavy atom. The van der Waals surface area contributed by atoms with Crippen molar-refractivity contribution in [2.75, 3.05) is 40.2 Å². The van der Waals surface area contributed by atoms with Crippen molar-refractivity contribution >= 4 is 20.9 Å². The summed E-state index contributed by atoms with van der Waals surface area (Å²) in [4.78, 5) is 22.6. The van der Waals surface area contributed by atoms with Crippen molar-refractivity contribution in [2.24, 2.45) is 0 Å². The summed E-state index contributed by atoms with van der Waals surface area (Å²) >= 11 is 0. The van der Waals surface area contributed by atoms with Crippen LogP contribution in [-0.2, 0) is 27.5 Å². The molecule has 0 aromatic heterocycles. The van der Waals surface area contributed by atoms with Gasteiger partial charge in [-0.2, -0.15) is 0 Å². The molecule has 0 aromatic rings. The van der Waals surface area contributed by atoms with Crippen LogP contribution in [0.5, 0.6) is 0 Å². The summed E-state index contributed by atoms with van der Waals surface area (Å²) in [5.41, 5.74) is 0.297. The van der Waals surface area contributed by atoms with E-state index in [-0.39, 0.29) is 19.4 Å². The lowest BCUT2D eigenvalue weighted by Gasteiger charge is -2.25. The minimum atomic E-state index is -2.97. The maximum Gasteiger partial charge on any atom is 0.540 e. The maximum atomic E-state index is 11.5. The highest BCUT2D eigenvalue weighted by Crippen LogP contribution is 2.07. The van der Waals surface area contributed by atoms with Crippen LogP contribution in [0.15, 0.2) is 12.2 Å². The van der Waals surface area contributed by atoms with Gasteiger partial charge in [0.2, 0.25) is 0 Å². The summed E-state index contributed by atoms with van der Waals surface area (Å²) in [5.74, 6) is -0.508. The van der Waals surface area contributed by atoms with Crippen molar-refractivity contribution in [3.05, 3.63) is 12.2 Å². The van der Waals surface area contributed by atoms with E-state index in [9.17, 15) is 9.59 Å². The molecule has 1 amide bonds. The standard InChI is InChI=1S/C12H23NO7Si/c1-6-20-21(16-4,17-5)9-19-12(15)13-7-8-18-11(14)10(2)3/h2,6-9H2,1,3-5H3,(H,13,15). The highest BCUT2D eigenvalue weighted by atomic mass is 28.4. The maximum absolute atomic E-state index is 11.5. The van der Waals surface area contributed by atoms with Crippen LogP contribution in [0, 0.1) is 0 Å². The SMILES string of the molecule is C=C(C)C(=O)OCCNC(=O)OC[Si](OC)(OC)OCC. The smallest absolute Gasteiger partial charge is 0.460 e. The number of carbonyl (C=O) groups is 2. The van der Waals surface area contributed by atoms with Crippen molar-refractivity contribution in [1.29, 1.82) is 0 Å². The zero-order chi connectivity index (χ0) is 16.3. The highest BCUT2D eigenvalue weighted by molar-refractivity contribution is 6.60. The van der Waals surface area contributed by atoms with Gasteiger partial charge in [-0.15, -0.1) is 0 Å². The third-order valence-electron chi connectivity index (χ3n) is 2.32. The molecule has 0 heterocycles. The van der Waals surface area contributed by atoms with Crippen LogP contribution in [0.4, 0.5) is 4.79 Å². The van der Waals surface area contributed by atoms with E-state index in [2.05, 4.69) is 11.9 Å². The van der Waals surface area contributed by atoms with E-state index >= 15 is 0 Å². The van der Waals surface area contributed by atoms with Crippen LogP contribution in [0.25, 0.3) is 0 Å². The molecule has 1 N–H and O–H groups in total. The zero-order valence-corrected chi connectivity index (χ0v) is 13.9. The van der Waals surface area contributed by atoms with Crippen molar-refractivity contribution in [3.8, 4) is 0 Å². The molecule has 0 rings (SSSR count). The van der Waals surface area contributed by atoms with E-state index in [0.717, 1.165) is 0 Å². The predicted molar refractivity (Wildman–Crippen MR) is 76.5 cm³/mol. The molecule has 0 saturated carbocycles. The fraction of sp³-hybridized carbons (Fsp3) is 0.667. The van der Waals surface area contributed by atoms with E-state index in [1.165, 1.54) is 21.1 Å². The molecule has 0 aliphatic carbocycles. The molecule has 8 nitrogen and oxygen atoms in total. The number of ether oxygens (including phenoxy) is 2. The summed E-state index contributed by atoms with van der Waals surface area (Å²) < 4.78 is 25.5. The van der Waals surface area contributed by atoms with Gasteiger partial charge in [-0.3, -0.25) is 0 Å². The molecule has 0 aliphatic rings. The van der Waals surface area contributed by atoms with Crippen LogP contribution >= 0.6 is 0 Å². The van der Waals surface area contributed by atoms with Crippen molar-refractivity contribution in [3.63, 3.8) is 0 Å². The number of amides is 1. The van der Waals surface area contributed by atoms with Crippen molar-refractivity contribution in [2.45, 2.75) is 13.8 Å². The summed E-state index contributed by atoms with van der Waals surface area (Å²) in [7, 11) is -0.0981. The average Bonchev–Trinajstić information content (AvgIpc) is 2.47. The number of rotatable bonds is 10. The van der Waals surface area contributed by atoms with E-state index in [1.807, 2.05) is 0 Å². The van der Waals surface area contributed by atoms with Crippen molar-refractivity contribution in [1.82, 2.24) is 5.32 Å². The molecule has 0 unspecified atom stereocenters. The third kappa shape index (κ3) is 7.80. The first-order valence-electron chi connectivity index (χ1n) is 6.38. The number of esters is 1. The Morgan fingerprint density at radius 3 is 2.29 bits per heavy atom. The molecule has 0 radical (unpaired) electrons. The van der Waals surface area contributed by atoms with E-state index < -0.39 is 20.9 Å². The van der Waals surface area contributed by atoms with E-state index in [1.54, 1.807) is 6.92 Å². The minimum Gasteiger partial charge on any atom is -0.460 e. The molecule has 9 heteroatoms. The molecule has 0 atom stereocenters. The fourth-order valence-electron chi connectivity index (χ4n) is 1.21. The topological polar surface area (TPSA) is 92.3 Å². The Labute approximate surface area is 125 Å². The van der Waals surface area contributed by atoms with Gasteiger partial charge in [0.05, 0.1) is 6.54 Å². The summed E-state index contributed by atoms with van der Waals surface area (Å²) in [5, 5.41) is 2.43. The summed E-state index contributed by atoms with van der Waals surface area (Å²) in [6, 6.07) is 0. The number of hydrogen-bond donors (Lipinski definition) is 1. The van der Waals surface area contributed by atoms with E-state index in [4.69, 9.17) is 22.8 Å². The summed E-state index contributed by atoms with van der Waals surface area (Å²) in [6.45, 7) is 7.31. The molecule has 21 heavy (non-hydrogen) atoms. The van der Waals surface area contributed by atoms with Gasteiger partial charge in [0.15, 0.2) is 6.23 Å². The van der Waals surface area contributed by atoms with Gasteiger partial charge in [0.25, 0.3) is 0 Å². The Morgan fingerprint density at radius 1 is 1.19 bits per heavy atom. The lowest BCUT2D eigenvalue weighted by molar-refractivity contribution is -0.138. The zero-order valence-electron chi connectivity index (χ0n) is 12.9. The van der Waals surface area contributed by atoms with Gasteiger partial charge in [-0.05, 0) is 13.8 Å². The van der Waals surface area contributed by atoms with Gasteiger partial charge in [0, 0.05) is 26.4 Å². The van der Waals surface area contributed by atoms with Gasteiger partial charge in [0.1, 0.15) is 6.61 Å². The molecular formula is C12H23NO7Si. The lowest BCUT2D eigenvalue weighted by Crippen LogP contribution is -2.50. The first-order valence-corrected chi connectivity index (χ1v) is 8.31. The molecule has 0 aromatic carbocycles. The number of carbonyl (C=O) groups excluding carboxylic acids is 2. The Hall–Kier alpha value is -1.42. The second-order valence-corrected chi connectivity index (χ2v) is 6.70. The van der Waals surface area contributed by atoms with Gasteiger partial charge in [-0.1, -0.05) is 6.58 Å². The second kappa shape index (κ2) is 10.3. The fourth-order valence-corrected chi connectivity index (χ4v) is 2.67. The lowest BCUT2D eigenvalue weighted by atomic mass is 10.4. The van der Waals surface area contributed by atoms with Crippen LogP contribution in [0.3, 0.4) is 0 Å². The average molecular weight is 321 g/mol. The quantitative estimate of drug-likeness (QED) is 0.273. The molecule has 0 bridgehead atoms. The highest BCUT2D eigenvalue weighted by Gasteiger charge is 2.41. The van der Waals surface area contributed by atoms with Crippen molar-refractivity contribution < 1.29 is 32.3 Å². The number of hydrogen-bond acceptors (Lipinski definition) is 7. The predicted octanol–water partition coefficient (Wildman–Crippen LogP) is 0.639. The second-order valence-electron chi connectivity index (χ2n) is 3.94.